The van der Waals surface area contributed by atoms with E-state index >= 15 is 0 Å². The van der Waals surface area contributed by atoms with Gasteiger partial charge in [-0.1, -0.05) is 13.3 Å². The minimum atomic E-state index is -0.606. The molecule has 1 unspecified atom stereocenters. The van der Waals surface area contributed by atoms with Crippen molar-refractivity contribution in [1.29, 1.82) is 0 Å². The molecule has 0 heterocycles. The van der Waals surface area contributed by atoms with Gasteiger partial charge in [-0.25, -0.2) is 0 Å². The molecule has 1 atom stereocenters. The van der Waals surface area contributed by atoms with Crippen molar-refractivity contribution in [2.75, 3.05) is 12.8 Å². The lowest BCUT2D eigenvalue weighted by Crippen LogP contribution is -1.78. The Balaban J connectivity index is 0. The van der Waals surface area contributed by atoms with Gasteiger partial charge in [0.05, 0.1) is 8.41 Å². The molecule has 0 aliphatic heterocycles. The van der Waals surface area contributed by atoms with E-state index in [1.165, 1.54) is 12.8 Å². The van der Waals surface area contributed by atoms with Gasteiger partial charge in [-0.05, 0) is 19.2 Å². The summed E-state index contributed by atoms with van der Waals surface area (Å²) in [5, 5.41) is 0. The van der Waals surface area contributed by atoms with Crippen LogP contribution < -0.4 is 0 Å². The number of hydrogen-bond acceptors (Lipinski definition) is 1. The van der Waals surface area contributed by atoms with Gasteiger partial charge < -0.3 is 4.89 Å². The van der Waals surface area contributed by atoms with E-state index in [1.807, 2.05) is 6.66 Å². The largest absolute Gasteiger partial charge is 0.374 e. The van der Waals surface area contributed by atoms with Gasteiger partial charge in [0.1, 0.15) is 0 Å². The molecule has 50 valence electrons. The molecule has 0 radical (unpaired) electrons. The molecule has 0 aliphatic carbocycles. The van der Waals surface area contributed by atoms with Crippen molar-refractivity contribution in [2.24, 2.45) is 0 Å². The van der Waals surface area contributed by atoms with E-state index in [0.29, 0.717) is 0 Å². The fourth-order valence-corrected chi connectivity index (χ4v) is 1.16. The molecule has 0 saturated carbocycles. The molecule has 1 nitrogen and oxygen atoms in total. The zero-order valence-electron chi connectivity index (χ0n) is 5.02. The molecule has 1 N–H and O–H groups in total. The average Bonchev–Trinajstić information content (AvgIpc) is 1.61. The molecule has 0 bridgehead atoms. The summed E-state index contributed by atoms with van der Waals surface area (Å²) in [4.78, 5) is 8.75. The zero-order valence-corrected chi connectivity index (χ0v) is 5.91. The minimum Gasteiger partial charge on any atom is -0.374 e. The van der Waals surface area contributed by atoms with Crippen LogP contribution in [0.1, 0.15) is 19.8 Å². The van der Waals surface area contributed by atoms with Crippen LogP contribution in [0.5, 0.6) is 0 Å². The van der Waals surface area contributed by atoms with Crippen molar-refractivity contribution in [3.8, 4) is 0 Å². The highest BCUT2D eigenvalue weighted by Crippen LogP contribution is 2.24. The van der Waals surface area contributed by atoms with Gasteiger partial charge in [0.2, 0.25) is 0 Å². The summed E-state index contributed by atoms with van der Waals surface area (Å²) in [7, 11) is -0.606. The summed E-state index contributed by atoms with van der Waals surface area (Å²) in [6, 6.07) is 0. The Morgan fingerprint density at radius 1 is 1.50 bits per heavy atom. The van der Waals surface area contributed by atoms with Crippen LogP contribution in [0.4, 0.5) is 0 Å². The highest BCUT2D eigenvalue weighted by Gasteiger charge is 1.90. The van der Waals surface area contributed by atoms with Crippen LogP contribution >= 0.6 is 8.15 Å². The van der Waals surface area contributed by atoms with Gasteiger partial charge in [-0.2, -0.15) is 0 Å². The monoisotopic (exact) mass is 134 g/mol. The molecule has 0 fully saturated rings. The summed E-state index contributed by atoms with van der Waals surface area (Å²) in [6.45, 7) is 4.03. The van der Waals surface area contributed by atoms with Crippen molar-refractivity contribution >= 4 is 16.6 Å². The molecule has 3 heteroatoms. The van der Waals surface area contributed by atoms with E-state index in [2.05, 4.69) is 6.92 Å². The lowest BCUT2D eigenvalue weighted by atomic mass is 10.4. The molecule has 0 aromatic carbocycles. The standard InChI is InChI=1S/C5H13OP.BH3/c1-3-4-5-7(2)6;/h6H,3-5H2,1-2H3;1H3. The molecule has 0 rings (SSSR count). The normalized spacial score (nSPS) is 12.4. The van der Waals surface area contributed by atoms with Crippen molar-refractivity contribution in [3.05, 3.63) is 0 Å². The fraction of sp³-hybridized carbons (Fsp3) is 1.00. The number of hydrogen-bond donors (Lipinski definition) is 1. The van der Waals surface area contributed by atoms with Crippen LogP contribution in [0.25, 0.3) is 0 Å². The third kappa shape index (κ3) is 9.68. The van der Waals surface area contributed by atoms with Crippen molar-refractivity contribution in [2.45, 2.75) is 19.8 Å². The Morgan fingerprint density at radius 3 is 2.12 bits per heavy atom. The van der Waals surface area contributed by atoms with Gasteiger partial charge in [0.25, 0.3) is 0 Å². The molecule has 8 heavy (non-hydrogen) atoms. The maximum Gasteiger partial charge on any atom is 0.0814 e. The maximum absolute atomic E-state index is 8.75. The predicted molar refractivity (Wildman–Crippen MR) is 44.8 cm³/mol. The fourth-order valence-electron chi connectivity index (χ4n) is 0.387. The Kier molecular flexibility index (Phi) is 10.5. The second-order valence-electron chi connectivity index (χ2n) is 1.73. The van der Waals surface area contributed by atoms with Gasteiger partial charge in [-0.15, -0.1) is 0 Å². The van der Waals surface area contributed by atoms with Crippen molar-refractivity contribution in [3.63, 3.8) is 0 Å². The first-order valence-electron chi connectivity index (χ1n) is 2.67. The topological polar surface area (TPSA) is 20.2 Å². The third-order valence-electron chi connectivity index (χ3n) is 0.835. The second kappa shape index (κ2) is 7.45. The van der Waals surface area contributed by atoms with Crippen LogP contribution in [-0.4, -0.2) is 26.1 Å². The van der Waals surface area contributed by atoms with E-state index in [4.69, 9.17) is 4.89 Å². The molecule has 0 aromatic rings. The van der Waals surface area contributed by atoms with Gasteiger partial charge >= 0.3 is 0 Å². The van der Waals surface area contributed by atoms with Crippen molar-refractivity contribution in [1.82, 2.24) is 0 Å². The smallest absolute Gasteiger partial charge is 0.0814 e. The quantitative estimate of drug-likeness (QED) is 0.443. The van der Waals surface area contributed by atoms with Crippen LogP contribution in [0.3, 0.4) is 0 Å². The Morgan fingerprint density at radius 2 is 2.00 bits per heavy atom. The SMILES string of the molecule is B.CCCCP(C)O. The Bertz CT molecular complexity index is 41.4. The molecule has 0 aromatic heterocycles. The van der Waals surface area contributed by atoms with Crippen LogP contribution in [0.15, 0.2) is 0 Å². The van der Waals surface area contributed by atoms with E-state index < -0.39 is 8.15 Å². The minimum absolute atomic E-state index is 0. The van der Waals surface area contributed by atoms with Crippen LogP contribution in [0, 0.1) is 0 Å². The summed E-state index contributed by atoms with van der Waals surface area (Å²) in [6.07, 6.45) is 3.40. The molecular formula is C5H16BOP. The summed E-state index contributed by atoms with van der Waals surface area (Å²) in [5.74, 6) is 0. The lowest BCUT2D eigenvalue weighted by molar-refractivity contribution is 0.625. The van der Waals surface area contributed by atoms with E-state index in [1.54, 1.807) is 0 Å². The van der Waals surface area contributed by atoms with E-state index in [9.17, 15) is 0 Å². The molecule has 0 saturated heterocycles. The van der Waals surface area contributed by atoms with E-state index in [-0.39, 0.29) is 8.41 Å². The zero-order chi connectivity index (χ0) is 5.70. The predicted octanol–water partition coefficient (Wildman–Crippen LogP) is 0.622. The first-order chi connectivity index (χ1) is 3.27. The van der Waals surface area contributed by atoms with Crippen LogP contribution in [-0.2, 0) is 0 Å². The van der Waals surface area contributed by atoms with Crippen LogP contribution in [0.2, 0.25) is 0 Å². The number of rotatable bonds is 3. The molecule has 0 spiro atoms. The second-order valence-corrected chi connectivity index (χ2v) is 3.50. The molecule has 0 amide bonds. The summed E-state index contributed by atoms with van der Waals surface area (Å²) in [5.41, 5.74) is 0. The summed E-state index contributed by atoms with van der Waals surface area (Å²) >= 11 is 0. The van der Waals surface area contributed by atoms with Gasteiger partial charge in [-0.3, -0.25) is 0 Å². The first-order valence-corrected chi connectivity index (χ1v) is 4.60. The highest BCUT2D eigenvalue weighted by molar-refractivity contribution is 7.50. The van der Waals surface area contributed by atoms with E-state index in [0.717, 1.165) is 6.16 Å². The van der Waals surface area contributed by atoms with Gasteiger partial charge in [0.15, 0.2) is 0 Å². The van der Waals surface area contributed by atoms with Gasteiger partial charge in [0, 0.05) is 8.15 Å². The van der Waals surface area contributed by atoms with Crippen molar-refractivity contribution < 1.29 is 4.89 Å². The summed E-state index contributed by atoms with van der Waals surface area (Å²) < 4.78 is 0. The third-order valence-corrected chi connectivity index (χ3v) is 1.80. The highest BCUT2D eigenvalue weighted by atomic mass is 31.1. The Hall–Kier alpha value is 0.455. The first kappa shape index (κ1) is 11.3. The lowest BCUT2D eigenvalue weighted by Gasteiger charge is -1.98. The maximum atomic E-state index is 8.75. The number of unbranched alkanes of at least 4 members (excludes halogenated alkanes) is 1. The average molecular weight is 134 g/mol. The molecule has 0 aliphatic rings. The Labute approximate surface area is 54.9 Å². The molecular weight excluding hydrogens is 118 g/mol.